The van der Waals surface area contributed by atoms with Crippen LogP contribution in [-0.4, -0.2) is 52.3 Å². The van der Waals surface area contributed by atoms with Crippen LogP contribution in [0.2, 0.25) is 0 Å². The third kappa shape index (κ3) is 3.96. The van der Waals surface area contributed by atoms with Crippen molar-refractivity contribution in [3.05, 3.63) is 41.7 Å². The van der Waals surface area contributed by atoms with Crippen LogP contribution in [0.15, 0.2) is 35.5 Å². The number of hydrogen-bond acceptors (Lipinski definition) is 5. The molecule has 1 unspecified atom stereocenters. The van der Waals surface area contributed by atoms with E-state index in [1.165, 1.54) is 11.8 Å². The molecule has 1 atom stereocenters. The van der Waals surface area contributed by atoms with E-state index in [4.69, 9.17) is 4.74 Å². The summed E-state index contributed by atoms with van der Waals surface area (Å²) in [6.07, 6.45) is 0. The Morgan fingerprint density at radius 1 is 1.25 bits per heavy atom. The Morgan fingerprint density at radius 3 is 2.58 bits per heavy atom. The van der Waals surface area contributed by atoms with Crippen LogP contribution in [0.4, 0.5) is 0 Å². The molecule has 2 heterocycles. The fourth-order valence-corrected chi connectivity index (χ4v) is 3.52. The normalized spacial score (nSPS) is 16.4. The highest BCUT2D eigenvalue weighted by molar-refractivity contribution is 8.00. The van der Waals surface area contributed by atoms with Gasteiger partial charge in [0.1, 0.15) is 11.1 Å². The number of aromatic amines is 1. The highest BCUT2D eigenvalue weighted by Crippen LogP contribution is 2.35. The number of thioether (sulfide) groups is 1. The second kappa shape index (κ2) is 7.81. The van der Waals surface area contributed by atoms with Gasteiger partial charge in [0.15, 0.2) is 0 Å². The van der Waals surface area contributed by atoms with Gasteiger partial charge in [0.05, 0.1) is 13.2 Å². The zero-order chi connectivity index (χ0) is 16.9. The fraction of sp³-hybridized carbons (Fsp3) is 0.471. The second-order valence-electron chi connectivity index (χ2n) is 6.00. The van der Waals surface area contributed by atoms with Crippen molar-refractivity contribution >= 4 is 17.7 Å². The maximum Gasteiger partial charge on any atom is 0.240 e. The van der Waals surface area contributed by atoms with Crippen molar-refractivity contribution in [2.24, 2.45) is 0 Å². The average Bonchev–Trinajstić information content (AvgIpc) is 3.10. The van der Waals surface area contributed by atoms with Crippen LogP contribution in [0, 0.1) is 0 Å². The lowest BCUT2D eigenvalue weighted by Crippen LogP contribution is -2.42. The van der Waals surface area contributed by atoms with Gasteiger partial charge in [-0.25, -0.2) is 4.98 Å². The van der Waals surface area contributed by atoms with Gasteiger partial charge >= 0.3 is 0 Å². The number of aromatic nitrogens is 3. The second-order valence-corrected chi connectivity index (χ2v) is 7.08. The number of H-pyrrole nitrogens is 1. The molecule has 2 aromatic rings. The number of morpholine rings is 1. The van der Waals surface area contributed by atoms with Crippen molar-refractivity contribution in [3.8, 4) is 0 Å². The van der Waals surface area contributed by atoms with Gasteiger partial charge in [-0.05, 0) is 5.56 Å². The fourth-order valence-electron chi connectivity index (χ4n) is 2.51. The molecule has 3 rings (SSSR count). The summed E-state index contributed by atoms with van der Waals surface area (Å²) in [7, 11) is 0. The lowest BCUT2D eigenvalue weighted by Gasteiger charge is -2.30. The first-order chi connectivity index (χ1) is 11.6. The Bertz CT molecular complexity index is 668. The number of amides is 1. The summed E-state index contributed by atoms with van der Waals surface area (Å²) in [6, 6.07) is 9.81. The molecular formula is C17H22N4O2S. The summed E-state index contributed by atoms with van der Waals surface area (Å²) >= 11 is 1.40. The maximum atomic E-state index is 13.0. The Hall–Kier alpha value is -1.86. The van der Waals surface area contributed by atoms with E-state index in [-0.39, 0.29) is 17.1 Å². The molecule has 1 saturated heterocycles. The van der Waals surface area contributed by atoms with Gasteiger partial charge in [-0.2, -0.15) is 0 Å². The third-order valence-electron chi connectivity index (χ3n) is 3.90. The minimum atomic E-state index is -0.347. The number of rotatable bonds is 5. The first-order valence-corrected chi connectivity index (χ1v) is 9.03. The zero-order valence-corrected chi connectivity index (χ0v) is 14.8. The minimum Gasteiger partial charge on any atom is -0.378 e. The molecule has 0 radical (unpaired) electrons. The summed E-state index contributed by atoms with van der Waals surface area (Å²) < 4.78 is 5.35. The third-order valence-corrected chi connectivity index (χ3v) is 5.00. The lowest BCUT2D eigenvalue weighted by atomic mass is 10.1. The number of ether oxygens (including phenoxy) is 1. The van der Waals surface area contributed by atoms with Crippen molar-refractivity contribution in [2.45, 2.75) is 30.2 Å². The van der Waals surface area contributed by atoms with Crippen molar-refractivity contribution in [1.82, 2.24) is 20.1 Å². The molecule has 24 heavy (non-hydrogen) atoms. The van der Waals surface area contributed by atoms with E-state index >= 15 is 0 Å². The molecule has 0 saturated carbocycles. The molecule has 7 heteroatoms. The van der Waals surface area contributed by atoms with Crippen LogP contribution in [0.5, 0.6) is 0 Å². The first-order valence-electron chi connectivity index (χ1n) is 8.15. The summed E-state index contributed by atoms with van der Waals surface area (Å²) in [5.41, 5.74) is 0.967. The predicted molar refractivity (Wildman–Crippen MR) is 92.9 cm³/mol. The predicted octanol–water partition coefficient (Wildman–Crippen LogP) is 2.62. The average molecular weight is 346 g/mol. The first kappa shape index (κ1) is 17.0. The van der Waals surface area contributed by atoms with E-state index in [2.05, 4.69) is 29.0 Å². The van der Waals surface area contributed by atoms with Gasteiger partial charge in [0.2, 0.25) is 11.1 Å². The molecule has 1 aromatic carbocycles. The van der Waals surface area contributed by atoms with E-state index in [0.29, 0.717) is 31.5 Å². The monoisotopic (exact) mass is 346 g/mol. The number of carbonyl (C=O) groups excluding carboxylic acids is 1. The van der Waals surface area contributed by atoms with E-state index < -0.39 is 0 Å². The Morgan fingerprint density at radius 2 is 1.96 bits per heavy atom. The van der Waals surface area contributed by atoms with Gasteiger partial charge in [0.25, 0.3) is 0 Å². The van der Waals surface area contributed by atoms with Gasteiger partial charge in [-0.3, -0.25) is 9.89 Å². The Labute approximate surface area is 146 Å². The largest absolute Gasteiger partial charge is 0.378 e. The maximum absolute atomic E-state index is 13.0. The SMILES string of the molecule is CC(C)c1nc(SC(C(=O)N2CCOCC2)c2ccccc2)n[nH]1. The van der Waals surface area contributed by atoms with Gasteiger partial charge in [0, 0.05) is 19.0 Å². The number of carbonyl (C=O) groups is 1. The molecule has 0 aliphatic carbocycles. The zero-order valence-electron chi connectivity index (χ0n) is 13.9. The summed E-state index contributed by atoms with van der Waals surface area (Å²) in [4.78, 5) is 19.4. The molecule has 6 nitrogen and oxygen atoms in total. The molecule has 1 amide bonds. The molecule has 0 spiro atoms. The quantitative estimate of drug-likeness (QED) is 0.843. The number of nitrogens with one attached hydrogen (secondary N) is 1. The molecule has 0 bridgehead atoms. The molecule has 128 valence electrons. The van der Waals surface area contributed by atoms with Crippen molar-refractivity contribution in [2.75, 3.05) is 26.3 Å². The Kier molecular flexibility index (Phi) is 5.52. The number of benzene rings is 1. The van der Waals surface area contributed by atoms with Crippen LogP contribution < -0.4 is 0 Å². The Balaban J connectivity index is 1.82. The van der Waals surface area contributed by atoms with Gasteiger partial charge < -0.3 is 9.64 Å². The molecule has 1 aliphatic heterocycles. The van der Waals surface area contributed by atoms with Crippen LogP contribution in [0.1, 0.15) is 36.4 Å². The molecular weight excluding hydrogens is 324 g/mol. The van der Waals surface area contributed by atoms with Gasteiger partial charge in [-0.15, -0.1) is 5.10 Å². The van der Waals surface area contributed by atoms with Crippen LogP contribution in [0.25, 0.3) is 0 Å². The van der Waals surface area contributed by atoms with E-state index in [9.17, 15) is 4.79 Å². The summed E-state index contributed by atoms with van der Waals surface area (Å²) in [5.74, 6) is 1.20. The molecule has 1 fully saturated rings. The van der Waals surface area contributed by atoms with E-state index in [1.807, 2.05) is 35.2 Å². The van der Waals surface area contributed by atoms with Crippen molar-refractivity contribution in [1.29, 1.82) is 0 Å². The number of nitrogens with zero attached hydrogens (tertiary/aromatic N) is 3. The summed E-state index contributed by atoms with van der Waals surface area (Å²) in [6.45, 7) is 6.57. The summed E-state index contributed by atoms with van der Waals surface area (Å²) in [5, 5.41) is 7.47. The highest BCUT2D eigenvalue weighted by atomic mass is 32.2. The molecule has 1 aromatic heterocycles. The minimum absolute atomic E-state index is 0.0883. The van der Waals surface area contributed by atoms with E-state index in [0.717, 1.165) is 11.4 Å². The van der Waals surface area contributed by atoms with Gasteiger partial charge in [-0.1, -0.05) is 55.9 Å². The smallest absolute Gasteiger partial charge is 0.240 e. The lowest BCUT2D eigenvalue weighted by molar-refractivity contribution is -0.134. The van der Waals surface area contributed by atoms with Crippen LogP contribution >= 0.6 is 11.8 Å². The van der Waals surface area contributed by atoms with Crippen LogP contribution in [-0.2, 0) is 9.53 Å². The number of hydrogen-bond donors (Lipinski definition) is 1. The highest BCUT2D eigenvalue weighted by Gasteiger charge is 2.29. The van der Waals surface area contributed by atoms with Crippen molar-refractivity contribution < 1.29 is 9.53 Å². The van der Waals surface area contributed by atoms with E-state index in [1.54, 1.807) is 0 Å². The topological polar surface area (TPSA) is 71.1 Å². The van der Waals surface area contributed by atoms with Crippen molar-refractivity contribution in [3.63, 3.8) is 0 Å². The molecule has 1 aliphatic rings. The molecule has 1 N–H and O–H groups in total. The van der Waals surface area contributed by atoms with Crippen LogP contribution in [0.3, 0.4) is 0 Å². The standard InChI is InChI=1S/C17H22N4O2S/c1-12(2)15-18-17(20-19-15)24-14(13-6-4-3-5-7-13)16(22)21-8-10-23-11-9-21/h3-7,12,14H,8-11H2,1-2H3,(H,18,19,20).